The molecule has 0 bridgehead atoms. The Balaban J connectivity index is 1.32. The number of pyridine rings is 1. The number of aryl methyl sites for hydroxylation is 1. The lowest BCUT2D eigenvalue weighted by Crippen LogP contribution is -2.48. The number of nitrogens with one attached hydrogen (secondary N) is 1. The van der Waals surface area contributed by atoms with Crippen LogP contribution in [-0.4, -0.2) is 63.5 Å². The summed E-state index contributed by atoms with van der Waals surface area (Å²) in [6, 6.07) is 5.77. The summed E-state index contributed by atoms with van der Waals surface area (Å²) in [4.78, 5) is 28.0. The molecule has 3 heterocycles. The van der Waals surface area contributed by atoms with Crippen LogP contribution < -0.4 is 10.2 Å². The topological polar surface area (TPSA) is 100 Å². The average molecular weight is 530 g/mol. The molecule has 3 aromatic rings. The van der Waals surface area contributed by atoms with Crippen molar-refractivity contribution in [3.63, 3.8) is 0 Å². The Morgan fingerprint density at radius 2 is 2.06 bits per heavy atom. The second-order valence-corrected chi connectivity index (χ2v) is 10.7. The van der Waals surface area contributed by atoms with Gasteiger partial charge in [-0.1, -0.05) is 11.6 Å². The van der Waals surface area contributed by atoms with Crippen LogP contribution in [0.1, 0.15) is 37.7 Å². The van der Waals surface area contributed by atoms with Gasteiger partial charge in [0.25, 0.3) is 0 Å². The molecule has 1 aromatic carbocycles. The van der Waals surface area contributed by atoms with Gasteiger partial charge in [0.1, 0.15) is 10.8 Å². The lowest BCUT2D eigenvalue weighted by molar-refractivity contribution is -0.143. The van der Waals surface area contributed by atoms with E-state index in [1.807, 2.05) is 23.7 Å². The van der Waals surface area contributed by atoms with Crippen LogP contribution in [0.2, 0.25) is 5.02 Å². The smallest absolute Gasteiger partial charge is 0.249 e. The van der Waals surface area contributed by atoms with Crippen LogP contribution in [0.4, 0.5) is 0 Å². The number of hydrogen-bond donors (Lipinski definition) is 2. The van der Waals surface area contributed by atoms with Crippen LogP contribution in [0.25, 0.3) is 10.9 Å². The fourth-order valence-electron chi connectivity index (χ4n) is 4.93. The number of thioether (sulfide) groups is 1. The van der Waals surface area contributed by atoms with Crippen molar-refractivity contribution in [3.05, 3.63) is 53.6 Å². The predicted octanol–water partition coefficient (Wildman–Crippen LogP) is 4.78. The van der Waals surface area contributed by atoms with E-state index in [0.717, 1.165) is 84.7 Å². The van der Waals surface area contributed by atoms with Gasteiger partial charge in [-0.25, -0.2) is 10.5 Å². The molecule has 0 spiro atoms. The van der Waals surface area contributed by atoms with Gasteiger partial charge in [-0.3, -0.25) is 20.0 Å². The van der Waals surface area contributed by atoms with E-state index in [9.17, 15) is 10.0 Å². The number of carbonyl (C=O) groups is 1. The minimum Gasteiger partial charge on any atom is -0.497 e. The number of fused-ring (bicyclic) bond motifs is 1. The zero-order chi connectivity index (χ0) is 25.4. The normalized spacial score (nSPS) is 15.6. The Labute approximate surface area is 220 Å². The van der Waals surface area contributed by atoms with E-state index in [0.29, 0.717) is 11.4 Å². The van der Waals surface area contributed by atoms with Gasteiger partial charge in [0.15, 0.2) is 0 Å². The van der Waals surface area contributed by atoms with Gasteiger partial charge in [-0.2, -0.15) is 0 Å². The van der Waals surface area contributed by atoms with Gasteiger partial charge in [0.2, 0.25) is 5.91 Å². The molecule has 1 fully saturated rings. The SMILES string of the molecule is COc1ccc2ncc(Cl)c(CCCC3(C(=O)NO)CCN(CCCSc4cnccn4)CC3)c2c1. The summed E-state index contributed by atoms with van der Waals surface area (Å²) in [7, 11) is 1.64. The number of hydrogen-bond acceptors (Lipinski definition) is 8. The van der Waals surface area contributed by atoms with Crippen molar-refractivity contribution in [2.45, 2.75) is 43.6 Å². The molecule has 1 aliphatic rings. The maximum absolute atomic E-state index is 12.8. The molecule has 0 radical (unpaired) electrons. The summed E-state index contributed by atoms with van der Waals surface area (Å²) >= 11 is 8.23. The number of benzene rings is 1. The Kier molecular flexibility index (Phi) is 9.36. The number of aromatic nitrogens is 3. The minimum absolute atomic E-state index is 0.285. The summed E-state index contributed by atoms with van der Waals surface area (Å²) in [5, 5.41) is 12.0. The maximum atomic E-state index is 12.8. The first-order chi connectivity index (χ1) is 17.5. The molecule has 0 saturated carbocycles. The fourth-order valence-corrected chi connectivity index (χ4v) is 5.92. The van der Waals surface area contributed by atoms with Gasteiger partial charge in [0, 0.05) is 29.7 Å². The molecule has 1 saturated heterocycles. The molecule has 0 atom stereocenters. The molecule has 1 aliphatic heterocycles. The van der Waals surface area contributed by atoms with Gasteiger partial charge in [-0.05, 0) is 81.9 Å². The molecule has 2 N–H and O–H groups in total. The second-order valence-electron chi connectivity index (χ2n) is 9.13. The molecule has 10 heteroatoms. The monoisotopic (exact) mass is 529 g/mol. The maximum Gasteiger partial charge on any atom is 0.249 e. The average Bonchev–Trinajstić information content (AvgIpc) is 2.93. The van der Waals surface area contributed by atoms with Crippen LogP contribution in [0, 0.1) is 5.41 Å². The number of ether oxygens (including phenoxy) is 1. The largest absolute Gasteiger partial charge is 0.497 e. The van der Waals surface area contributed by atoms with Crippen molar-refractivity contribution in [2.24, 2.45) is 5.41 Å². The predicted molar refractivity (Wildman–Crippen MR) is 142 cm³/mol. The summed E-state index contributed by atoms with van der Waals surface area (Å²) < 4.78 is 5.38. The second kappa shape index (κ2) is 12.7. The van der Waals surface area contributed by atoms with Gasteiger partial charge in [-0.15, -0.1) is 11.8 Å². The van der Waals surface area contributed by atoms with Crippen molar-refractivity contribution in [3.8, 4) is 5.75 Å². The Hall–Kier alpha value is -2.46. The Morgan fingerprint density at radius 1 is 1.22 bits per heavy atom. The summed E-state index contributed by atoms with van der Waals surface area (Å²) in [6.07, 6.45) is 11.5. The lowest BCUT2D eigenvalue weighted by Gasteiger charge is -2.40. The first-order valence-corrected chi connectivity index (χ1v) is 13.6. The van der Waals surface area contributed by atoms with Crippen molar-refractivity contribution in [1.82, 2.24) is 25.3 Å². The molecule has 0 unspecified atom stereocenters. The van der Waals surface area contributed by atoms with Crippen LogP contribution >= 0.6 is 23.4 Å². The molecule has 1 amide bonds. The zero-order valence-corrected chi connectivity index (χ0v) is 22.0. The first kappa shape index (κ1) is 26.6. The van der Waals surface area contributed by atoms with Crippen molar-refractivity contribution in [1.29, 1.82) is 0 Å². The third-order valence-corrected chi connectivity index (χ3v) is 8.35. The van der Waals surface area contributed by atoms with Crippen LogP contribution in [0.15, 0.2) is 48.0 Å². The highest BCUT2D eigenvalue weighted by Crippen LogP contribution is 2.38. The number of methoxy groups -OCH3 is 1. The first-order valence-electron chi connectivity index (χ1n) is 12.2. The number of halogens is 1. The third kappa shape index (κ3) is 6.45. The minimum atomic E-state index is -0.577. The molecule has 4 rings (SSSR count). The number of hydroxylamine groups is 1. The highest BCUT2D eigenvalue weighted by atomic mass is 35.5. The van der Waals surface area contributed by atoms with E-state index in [2.05, 4.69) is 19.9 Å². The molecule has 0 aliphatic carbocycles. The Morgan fingerprint density at radius 3 is 2.78 bits per heavy atom. The van der Waals surface area contributed by atoms with E-state index in [-0.39, 0.29) is 5.91 Å². The van der Waals surface area contributed by atoms with Gasteiger partial charge >= 0.3 is 0 Å². The van der Waals surface area contributed by atoms with E-state index in [4.69, 9.17) is 16.3 Å². The van der Waals surface area contributed by atoms with E-state index in [1.54, 1.807) is 43.7 Å². The number of amides is 1. The van der Waals surface area contributed by atoms with Gasteiger partial charge in [0.05, 0.1) is 29.3 Å². The molecule has 192 valence electrons. The third-order valence-electron chi connectivity index (χ3n) is 7.02. The van der Waals surface area contributed by atoms with E-state index >= 15 is 0 Å². The van der Waals surface area contributed by atoms with Gasteiger partial charge < -0.3 is 9.64 Å². The lowest BCUT2D eigenvalue weighted by atomic mass is 9.73. The number of likely N-dealkylation sites (tertiary alicyclic amines) is 1. The number of nitrogens with zero attached hydrogens (tertiary/aromatic N) is 4. The summed E-state index contributed by atoms with van der Waals surface area (Å²) in [5.41, 5.74) is 3.24. The summed E-state index contributed by atoms with van der Waals surface area (Å²) in [5.74, 6) is 1.45. The van der Waals surface area contributed by atoms with E-state index in [1.165, 1.54) is 0 Å². The fraction of sp³-hybridized carbons (Fsp3) is 0.462. The van der Waals surface area contributed by atoms with Crippen LogP contribution in [0.5, 0.6) is 5.75 Å². The van der Waals surface area contributed by atoms with Crippen molar-refractivity contribution >= 4 is 40.2 Å². The number of rotatable bonds is 11. The highest BCUT2D eigenvalue weighted by molar-refractivity contribution is 7.99. The molecule has 2 aromatic heterocycles. The Bertz CT molecular complexity index is 1160. The molecule has 8 nitrogen and oxygen atoms in total. The van der Waals surface area contributed by atoms with Crippen LogP contribution in [0.3, 0.4) is 0 Å². The van der Waals surface area contributed by atoms with Crippen molar-refractivity contribution < 1.29 is 14.7 Å². The standard InChI is InChI=1S/C26H32ClN5O3S/c1-35-19-5-6-23-21(16-19)20(22(27)17-30-23)4-2-7-26(25(33)31-34)8-13-32(14-9-26)12-3-15-36-24-18-28-10-11-29-24/h5-6,10-11,16-18,34H,2-4,7-9,12-15H2,1H3,(H,31,33). The van der Waals surface area contributed by atoms with Crippen molar-refractivity contribution in [2.75, 3.05) is 32.5 Å². The quantitative estimate of drug-likeness (QED) is 0.158. The molecular weight excluding hydrogens is 498 g/mol. The highest BCUT2D eigenvalue weighted by Gasteiger charge is 2.40. The number of piperidine rings is 1. The zero-order valence-electron chi connectivity index (χ0n) is 20.5. The molecule has 36 heavy (non-hydrogen) atoms. The van der Waals surface area contributed by atoms with Crippen LogP contribution in [-0.2, 0) is 11.2 Å². The summed E-state index contributed by atoms with van der Waals surface area (Å²) in [6.45, 7) is 2.64. The van der Waals surface area contributed by atoms with E-state index < -0.39 is 5.41 Å². The number of carbonyl (C=O) groups excluding carboxylic acids is 1. The molecular formula is C26H32ClN5O3S.